The molecule has 1 aliphatic rings. The molecule has 1 amide bonds. The number of sulfonamides is 1. The molecule has 2 atom stereocenters. The van der Waals surface area contributed by atoms with E-state index >= 15 is 0 Å². The molecule has 1 aromatic heterocycles. The van der Waals surface area contributed by atoms with Crippen LogP contribution in [0.4, 0.5) is 0 Å². The fourth-order valence-corrected chi connectivity index (χ4v) is 2.49. The van der Waals surface area contributed by atoms with Crippen LogP contribution in [0.3, 0.4) is 0 Å². The van der Waals surface area contributed by atoms with Crippen molar-refractivity contribution >= 4 is 15.9 Å². The maximum Gasteiger partial charge on any atom is 0.238 e. The van der Waals surface area contributed by atoms with E-state index in [0.717, 1.165) is 28.5 Å². The third kappa shape index (κ3) is 4.07. The van der Waals surface area contributed by atoms with E-state index < -0.39 is 10.0 Å². The Labute approximate surface area is 125 Å². The average molecular weight is 314 g/mol. The van der Waals surface area contributed by atoms with Gasteiger partial charge in [-0.1, -0.05) is 6.92 Å². The predicted molar refractivity (Wildman–Crippen MR) is 79.2 cm³/mol. The van der Waals surface area contributed by atoms with Crippen LogP contribution >= 0.6 is 0 Å². The summed E-state index contributed by atoms with van der Waals surface area (Å²) in [5, 5.41) is 0. The van der Waals surface area contributed by atoms with Gasteiger partial charge < -0.3 is 9.32 Å². The van der Waals surface area contributed by atoms with Gasteiger partial charge in [0.25, 0.3) is 0 Å². The maximum atomic E-state index is 12.0. The van der Waals surface area contributed by atoms with E-state index in [1.807, 2.05) is 12.1 Å². The molecule has 0 aliphatic heterocycles. The zero-order chi connectivity index (χ0) is 15.8. The summed E-state index contributed by atoms with van der Waals surface area (Å²) in [6, 6.07) is 3.84. The average Bonchev–Trinajstić information content (AvgIpc) is 2.92. The molecule has 0 spiro atoms. The number of furan rings is 1. The van der Waals surface area contributed by atoms with E-state index in [9.17, 15) is 13.2 Å². The molecule has 1 fully saturated rings. The van der Waals surface area contributed by atoms with Crippen LogP contribution in [-0.2, 0) is 21.4 Å². The van der Waals surface area contributed by atoms with Crippen molar-refractivity contribution in [2.45, 2.75) is 25.8 Å². The molecule has 0 aromatic carbocycles. The van der Waals surface area contributed by atoms with Gasteiger partial charge in [0, 0.05) is 20.0 Å². The quantitative estimate of drug-likeness (QED) is 0.792. The smallest absolute Gasteiger partial charge is 0.238 e. The number of nitrogens with zero attached hydrogens (tertiary/aromatic N) is 2. The number of likely N-dealkylation sites (N-methyl/N-ethyl adjacent to an activating group) is 2. The number of hydrogen-bond donors (Lipinski definition) is 0. The molecule has 0 bridgehead atoms. The molecule has 0 N–H and O–H groups in total. The fourth-order valence-electron chi connectivity index (χ4n) is 2.15. The van der Waals surface area contributed by atoms with Crippen molar-refractivity contribution < 1.29 is 17.6 Å². The lowest BCUT2D eigenvalue weighted by Gasteiger charge is -2.19. The highest BCUT2D eigenvalue weighted by Gasteiger charge is 2.36. The van der Waals surface area contributed by atoms with Gasteiger partial charge in [-0.3, -0.25) is 4.79 Å². The third-order valence-corrected chi connectivity index (χ3v) is 5.16. The Morgan fingerprint density at radius 2 is 2.00 bits per heavy atom. The van der Waals surface area contributed by atoms with Crippen LogP contribution in [0.5, 0.6) is 0 Å². The molecule has 118 valence electrons. The van der Waals surface area contributed by atoms with Crippen molar-refractivity contribution in [3.8, 4) is 0 Å². The van der Waals surface area contributed by atoms with Crippen LogP contribution in [0, 0.1) is 5.92 Å². The van der Waals surface area contributed by atoms with Gasteiger partial charge in [-0.15, -0.1) is 0 Å². The van der Waals surface area contributed by atoms with Crippen LogP contribution in [0.1, 0.15) is 30.8 Å². The van der Waals surface area contributed by atoms with Crippen molar-refractivity contribution in [1.29, 1.82) is 0 Å². The highest BCUT2D eigenvalue weighted by Crippen LogP contribution is 2.47. The van der Waals surface area contributed by atoms with Gasteiger partial charge >= 0.3 is 0 Å². The van der Waals surface area contributed by atoms with Gasteiger partial charge in [-0.2, -0.15) is 4.31 Å². The van der Waals surface area contributed by atoms with E-state index in [4.69, 9.17) is 4.42 Å². The number of carbonyl (C=O) groups is 1. The van der Waals surface area contributed by atoms with Crippen LogP contribution in [0.15, 0.2) is 16.5 Å². The molecule has 6 nitrogen and oxygen atoms in total. The lowest BCUT2D eigenvalue weighted by Crippen LogP contribution is -2.38. The summed E-state index contributed by atoms with van der Waals surface area (Å²) in [5.74, 6) is 2.62. The molecule has 1 aliphatic carbocycles. The number of hydrogen-bond acceptors (Lipinski definition) is 4. The Morgan fingerprint density at radius 1 is 1.38 bits per heavy atom. The predicted octanol–water partition coefficient (Wildman–Crippen LogP) is 1.25. The molecule has 0 saturated heterocycles. The largest absolute Gasteiger partial charge is 0.464 e. The van der Waals surface area contributed by atoms with Crippen molar-refractivity contribution in [1.82, 2.24) is 9.21 Å². The molecule has 7 heteroatoms. The molecule has 1 heterocycles. The van der Waals surface area contributed by atoms with E-state index in [1.165, 1.54) is 11.9 Å². The molecule has 1 aromatic rings. The molecule has 1 saturated carbocycles. The Morgan fingerprint density at radius 3 is 2.52 bits per heavy atom. The van der Waals surface area contributed by atoms with Crippen molar-refractivity contribution in [2.75, 3.05) is 26.9 Å². The SMILES string of the molecule is C[C@@H]1C[C@H]1c1ccc(CN(C)C(=O)CN(C)S(C)(=O)=O)o1. The zero-order valence-corrected chi connectivity index (χ0v) is 13.7. The number of rotatable bonds is 6. The Balaban J connectivity index is 1.90. The van der Waals surface area contributed by atoms with Gasteiger partial charge in [-0.05, 0) is 24.5 Å². The monoisotopic (exact) mass is 314 g/mol. The number of amides is 1. The standard InChI is InChI=1S/C14H22N2O4S/c1-10-7-12(10)13-6-5-11(20-13)8-15(2)14(17)9-16(3)21(4,18)19/h5-6,10,12H,7-9H2,1-4H3/t10-,12-/m1/s1. The zero-order valence-electron chi connectivity index (χ0n) is 12.9. The first kappa shape index (κ1) is 16.0. The third-order valence-electron chi connectivity index (χ3n) is 3.90. The van der Waals surface area contributed by atoms with Gasteiger partial charge in [0.05, 0.1) is 19.3 Å². The topological polar surface area (TPSA) is 70.8 Å². The normalized spacial score (nSPS) is 21.6. The van der Waals surface area contributed by atoms with E-state index in [-0.39, 0.29) is 12.5 Å². The first-order chi connectivity index (χ1) is 9.68. The summed E-state index contributed by atoms with van der Waals surface area (Å²) in [4.78, 5) is 13.5. The van der Waals surface area contributed by atoms with Crippen LogP contribution in [0.25, 0.3) is 0 Å². The van der Waals surface area contributed by atoms with E-state index in [0.29, 0.717) is 18.4 Å². The van der Waals surface area contributed by atoms with Crippen molar-refractivity contribution in [3.63, 3.8) is 0 Å². The van der Waals surface area contributed by atoms with Crippen LogP contribution in [0.2, 0.25) is 0 Å². The summed E-state index contributed by atoms with van der Waals surface area (Å²) in [5.41, 5.74) is 0. The Kier molecular flexibility index (Phi) is 4.43. The summed E-state index contributed by atoms with van der Waals surface area (Å²) in [6.07, 6.45) is 2.23. The molecular formula is C14H22N2O4S. The van der Waals surface area contributed by atoms with Crippen LogP contribution < -0.4 is 0 Å². The number of carbonyl (C=O) groups excluding carboxylic acids is 1. The maximum absolute atomic E-state index is 12.0. The lowest BCUT2D eigenvalue weighted by atomic mass is 10.3. The molecule has 0 radical (unpaired) electrons. The lowest BCUT2D eigenvalue weighted by molar-refractivity contribution is -0.130. The highest BCUT2D eigenvalue weighted by molar-refractivity contribution is 7.88. The second-order valence-electron chi connectivity index (χ2n) is 5.89. The summed E-state index contributed by atoms with van der Waals surface area (Å²) < 4.78 is 29.4. The first-order valence-electron chi connectivity index (χ1n) is 6.92. The Bertz CT molecular complexity index is 623. The minimum atomic E-state index is -3.35. The van der Waals surface area contributed by atoms with Gasteiger partial charge in [-0.25, -0.2) is 8.42 Å². The molecule has 2 rings (SSSR count). The minimum absolute atomic E-state index is 0.164. The summed E-state index contributed by atoms with van der Waals surface area (Å²) in [6.45, 7) is 2.36. The van der Waals surface area contributed by atoms with Gasteiger partial charge in [0.1, 0.15) is 11.5 Å². The Hall–Kier alpha value is -1.34. The minimum Gasteiger partial charge on any atom is -0.464 e. The van der Waals surface area contributed by atoms with Gasteiger partial charge in [0.2, 0.25) is 15.9 Å². The fraction of sp³-hybridized carbons (Fsp3) is 0.643. The first-order valence-corrected chi connectivity index (χ1v) is 8.77. The van der Waals surface area contributed by atoms with Crippen LogP contribution in [-0.4, -0.2) is 50.4 Å². The van der Waals surface area contributed by atoms with E-state index in [1.54, 1.807) is 7.05 Å². The van der Waals surface area contributed by atoms with Crippen molar-refractivity contribution in [3.05, 3.63) is 23.7 Å². The summed E-state index contributed by atoms with van der Waals surface area (Å²) >= 11 is 0. The summed E-state index contributed by atoms with van der Waals surface area (Å²) in [7, 11) is -0.318. The molecule has 21 heavy (non-hydrogen) atoms. The molecular weight excluding hydrogens is 292 g/mol. The van der Waals surface area contributed by atoms with Gasteiger partial charge in [0.15, 0.2) is 0 Å². The second-order valence-corrected chi connectivity index (χ2v) is 7.98. The van der Waals surface area contributed by atoms with Crippen molar-refractivity contribution in [2.24, 2.45) is 5.92 Å². The highest BCUT2D eigenvalue weighted by atomic mass is 32.2. The molecule has 0 unspecified atom stereocenters. The second kappa shape index (κ2) is 5.81. The van der Waals surface area contributed by atoms with E-state index in [2.05, 4.69) is 6.92 Å².